The topological polar surface area (TPSA) is 63.7 Å². The molecule has 0 saturated carbocycles. The van der Waals surface area contributed by atoms with E-state index in [4.69, 9.17) is 11.6 Å². The molecular weight excluding hydrogens is 270 g/mol. The molecule has 0 saturated heterocycles. The smallest absolute Gasteiger partial charge is 0.331 e. The zero-order valence-electron chi connectivity index (χ0n) is 10.3. The molecule has 0 aliphatic carbocycles. The normalized spacial score (nSPS) is 15.6. The second-order valence-electron chi connectivity index (χ2n) is 3.90. The number of anilines is 1. The SMILES string of the molecule is COC(=O)/C=C1/C(=O)N(C(C)=O)c2cc(Cl)ccc21. The van der Waals surface area contributed by atoms with Crippen molar-refractivity contribution in [3.8, 4) is 0 Å². The number of benzene rings is 1. The first-order chi connectivity index (χ1) is 8.95. The molecule has 19 heavy (non-hydrogen) atoms. The number of fused-ring (bicyclic) bond motifs is 1. The van der Waals surface area contributed by atoms with Crippen LogP contribution in [0.5, 0.6) is 0 Å². The number of ether oxygens (including phenoxy) is 1. The Morgan fingerprint density at radius 3 is 2.63 bits per heavy atom. The lowest BCUT2D eigenvalue weighted by molar-refractivity contribution is -0.135. The van der Waals surface area contributed by atoms with E-state index in [9.17, 15) is 14.4 Å². The van der Waals surface area contributed by atoms with Gasteiger partial charge in [-0.1, -0.05) is 17.7 Å². The minimum atomic E-state index is -0.658. The summed E-state index contributed by atoms with van der Waals surface area (Å²) in [5.74, 6) is -1.66. The van der Waals surface area contributed by atoms with Crippen molar-refractivity contribution in [1.82, 2.24) is 0 Å². The fraction of sp³-hybridized carbons (Fsp3) is 0.154. The number of nitrogens with zero attached hydrogens (tertiary/aromatic N) is 1. The molecule has 2 rings (SSSR count). The highest BCUT2D eigenvalue weighted by Crippen LogP contribution is 2.38. The van der Waals surface area contributed by atoms with Crippen LogP contribution in [0.25, 0.3) is 5.57 Å². The first kappa shape index (κ1) is 13.3. The molecule has 0 radical (unpaired) electrons. The Labute approximate surface area is 114 Å². The molecule has 0 bridgehead atoms. The van der Waals surface area contributed by atoms with Crippen LogP contribution in [0.1, 0.15) is 12.5 Å². The third-order valence-electron chi connectivity index (χ3n) is 2.70. The number of carbonyl (C=O) groups excluding carboxylic acids is 3. The summed E-state index contributed by atoms with van der Waals surface area (Å²) in [5, 5.41) is 0.400. The predicted molar refractivity (Wildman–Crippen MR) is 69.6 cm³/mol. The van der Waals surface area contributed by atoms with Crippen LogP contribution in [0.3, 0.4) is 0 Å². The van der Waals surface area contributed by atoms with Gasteiger partial charge in [0.05, 0.1) is 18.4 Å². The first-order valence-electron chi connectivity index (χ1n) is 5.40. The van der Waals surface area contributed by atoms with Crippen molar-refractivity contribution in [1.29, 1.82) is 0 Å². The molecule has 1 aromatic carbocycles. The molecule has 0 fully saturated rings. The summed E-state index contributed by atoms with van der Waals surface area (Å²) in [5.41, 5.74) is 0.976. The van der Waals surface area contributed by atoms with E-state index in [1.54, 1.807) is 12.1 Å². The second kappa shape index (κ2) is 4.85. The highest BCUT2D eigenvalue weighted by atomic mass is 35.5. The van der Waals surface area contributed by atoms with Gasteiger partial charge in [0, 0.05) is 23.6 Å². The van der Waals surface area contributed by atoms with Crippen molar-refractivity contribution in [3.63, 3.8) is 0 Å². The summed E-state index contributed by atoms with van der Waals surface area (Å²) in [6, 6.07) is 4.68. The molecule has 5 nitrogen and oxygen atoms in total. The van der Waals surface area contributed by atoms with E-state index < -0.39 is 17.8 Å². The molecule has 1 aliphatic rings. The van der Waals surface area contributed by atoms with Gasteiger partial charge in [-0.05, 0) is 12.1 Å². The maximum Gasteiger partial charge on any atom is 0.331 e. The van der Waals surface area contributed by atoms with Crippen LogP contribution >= 0.6 is 11.6 Å². The lowest BCUT2D eigenvalue weighted by atomic mass is 10.1. The van der Waals surface area contributed by atoms with Gasteiger partial charge in [-0.25, -0.2) is 9.69 Å². The quantitative estimate of drug-likeness (QED) is 0.581. The van der Waals surface area contributed by atoms with Crippen molar-refractivity contribution in [2.24, 2.45) is 0 Å². The summed E-state index contributed by atoms with van der Waals surface area (Å²) in [6.45, 7) is 1.27. The lowest BCUT2D eigenvalue weighted by Crippen LogP contribution is -2.31. The lowest BCUT2D eigenvalue weighted by Gasteiger charge is -2.11. The number of carbonyl (C=O) groups is 3. The van der Waals surface area contributed by atoms with Gasteiger partial charge in [0.15, 0.2) is 0 Å². The maximum atomic E-state index is 12.2. The van der Waals surface area contributed by atoms with Crippen molar-refractivity contribution >= 4 is 40.6 Å². The Balaban J connectivity index is 2.63. The third kappa shape index (κ3) is 2.24. The Bertz CT molecular complexity index is 621. The molecule has 0 aromatic heterocycles. The summed E-state index contributed by atoms with van der Waals surface area (Å²) < 4.78 is 4.50. The molecule has 6 heteroatoms. The summed E-state index contributed by atoms with van der Waals surface area (Å²) in [7, 11) is 1.21. The third-order valence-corrected chi connectivity index (χ3v) is 2.94. The van der Waals surface area contributed by atoms with Crippen LogP contribution < -0.4 is 4.90 Å². The monoisotopic (exact) mass is 279 g/mol. The number of hydrogen-bond acceptors (Lipinski definition) is 4. The maximum absolute atomic E-state index is 12.2. The van der Waals surface area contributed by atoms with Gasteiger partial charge in [-0.2, -0.15) is 0 Å². The van der Waals surface area contributed by atoms with E-state index in [0.29, 0.717) is 16.3 Å². The minimum absolute atomic E-state index is 0.119. The zero-order chi connectivity index (χ0) is 14.2. The number of esters is 1. The largest absolute Gasteiger partial charge is 0.466 e. The van der Waals surface area contributed by atoms with E-state index in [1.807, 2.05) is 0 Å². The molecule has 0 spiro atoms. The number of imide groups is 1. The highest BCUT2D eigenvalue weighted by Gasteiger charge is 2.35. The average Bonchev–Trinajstić information content (AvgIpc) is 2.61. The van der Waals surface area contributed by atoms with Gasteiger partial charge in [-0.15, -0.1) is 0 Å². The second-order valence-corrected chi connectivity index (χ2v) is 4.34. The minimum Gasteiger partial charge on any atom is -0.466 e. The average molecular weight is 280 g/mol. The number of halogens is 1. The van der Waals surface area contributed by atoms with Crippen molar-refractivity contribution in [3.05, 3.63) is 34.9 Å². The fourth-order valence-electron chi connectivity index (χ4n) is 1.89. The van der Waals surface area contributed by atoms with Gasteiger partial charge >= 0.3 is 5.97 Å². The molecule has 1 heterocycles. The van der Waals surface area contributed by atoms with Gasteiger partial charge in [0.25, 0.3) is 5.91 Å². The highest BCUT2D eigenvalue weighted by molar-refractivity contribution is 6.41. The number of amides is 2. The van der Waals surface area contributed by atoms with E-state index in [2.05, 4.69) is 4.74 Å². The molecule has 0 N–H and O–H groups in total. The van der Waals surface area contributed by atoms with Crippen LogP contribution in [0.15, 0.2) is 24.3 Å². The van der Waals surface area contributed by atoms with Crippen molar-refractivity contribution in [2.75, 3.05) is 12.0 Å². The van der Waals surface area contributed by atoms with Crippen LogP contribution in [0.2, 0.25) is 5.02 Å². The standard InChI is InChI=1S/C13H10ClNO4/c1-7(16)15-11-5-8(14)3-4-9(11)10(13(15)18)6-12(17)19-2/h3-6H,1-2H3/b10-6+. The first-order valence-corrected chi connectivity index (χ1v) is 5.78. The Morgan fingerprint density at radius 2 is 2.05 bits per heavy atom. The van der Waals surface area contributed by atoms with E-state index >= 15 is 0 Å². The molecule has 0 atom stereocenters. The molecule has 0 unspecified atom stereocenters. The molecule has 2 amide bonds. The van der Waals surface area contributed by atoms with E-state index in [-0.39, 0.29) is 5.57 Å². The molecule has 1 aliphatic heterocycles. The van der Waals surface area contributed by atoms with Crippen LogP contribution in [-0.2, 0) is 19.1 Å². The van der Waals surface area contributed by atoms with Crippen molar-refractivity contribution < 1.29 is 19.1 Å². The Kier molecular flexibility index (Phi) is 3.40. The van der Waals surface area contributed by atoms with E-state index in [1.165, 1.54) is 20.1 Å². The Morgan fingerprint density at radius 1 is 1.37 bits per heavy atom. The van der Waals surface area contributed by atoms with Gasteiger partial charge in [-0.3, -0.25) is 9.59 Å². The fourth-order valence-corrected chi connectivity index (χ4v) is 2.06. The number of hydrogen-bond donors (Lipinski definition) is 0. The molecule has 1 aromatic rings. The van der Waals surface area contributed by atoms with Gasteiger partial charge in [0.1, 0.15) is 0 Å². The van der Waals surface area contributed by atoms with Crippen LogP contribution in [0.4, 0.5) is 5.69 Å². The van der Waals surface area contributed by atoms with Crippen LogP contribution in [0, 0.1) is 0 Å². The Hall–Kier alpha value is -2.14. The van der Waals surface area contributed by atoms with Crippen LogP contribution in [-0.4, -0.2) is 24.9 Å². The number of methoxy groups -OCH3 is 1. The van der Waals surface area contributed by atoms with E-state index in [0.717, 1.165) is 11.0 Å². The molecule has 98 valence electrons. The number of rotatable bonds is 1. The zero-order valence-corrected chi connectivity index (χ0v) is 11.0. The van der Waals surface area contributed by atoms with Gasteiger partial charge < -0.3 is 4.74 Å². The van der Waals surface area contributed by atoms with Crippen molar-refractivity contribution in [2.45, 2.75) is 6.92 Å². The summed E-state index contributed by atoms with van der Waals surface area (Å²) >= 11 is 5.86. The molecular formula is C13H10ClNO4. The predicted octanol–water partition coefficient (Wildman–Crippen LogP) is 1.79. The van der Waals surface area contributed by atoms with Gasteiger partial charge in [0.2, 0.25) is 5.91 Å². The summed E-state index contributed by atoms with van der Waals surface area (Å²) in [6.07, 6.45) is 1.07. The summed E-state index contributed by atoms with van der Waals surface area (Å²) in [4.78, 5) is 36.0.